The van der Waals surface area contributed by atoms with Gasteiger partial charge in [0.1, 0.15) is 5.75 Å². The zero-order chi connectivity index (χ0) is 19.1. The maximum absolute atomic E-state index is 10.5. The highest BCUT2D eigenvalue weighted by Gasteiger charge is 2.12. The number of aromatic nitrogens is 2. The van der Waals surface area contributed by atoms with Crippen molar-refractivity contribution in [3.63, 3.8) is 0 Å². The molecule has 6 nitrogen and oxygen atoms in total. The Balaban J connectivity index is 1.65. The van der Waals surface area contributed by atoms with Crippen molar-refractivity contribution in [2.45, 2.75) is 39.0 Å². The van der Waals surface area contributed by atoms with E-state index in [0.717, 1.165) is 59.9 Å². The number of aromatic amines is 2. The highest BCUT2D eigenvalue weighted by atomic mass is 16.5. The van der Waals surface area contributed by atoms with Gasteiger partial charge in [0, 0.05) is 24.4 Å². The summed E-state index contributed by atoms with van der Waals surface area (Å²) >= 11 is 0. The van der Waals surface area contributed by atoms with Gasteiger partial charge in [-0.05, 0) is 56.5 Å². The van der Waals surface area contributed by atoms with E-state index in [1.807, 2.05) is 49.5 Å². The molecular formula is C21H25N3O3. The first-order chi connectivity index (χ1) is 13.2. The molecule has 0 amide bonds. The Labute approximate surface area is 158 Å². The van der Waals surface area contributed by atoms with Crippen LogP contribution in [-0.4, -0.2) is 33.4 Å². The van der Waals surface area contributed by atoms with Gasteiger partial charge >= 0.3 is 5.97 Å². The molecule has 3 heterocycles. The van der Waals surface area contributed by atoms with Crippen molar-refractivity contribution in [3.05, 3.63) is 47.9 Å². The largest absolute Gasteiger partial charge is 0.492 e. The van der Waals surface area contributed by atoms with Crippen molar-refractivity contribution >= 4 is 17.8 Å². The number of unbranched alkanes of at least 4 members (excludes halogenated alkanes) is 2. The van der Waals surface area contributed by atoms with Crippen LogP contribution < -0.4 is 4.74 Å². The van der Waals surface area contributed by atoms with Gasteiger partial charge in [-0.3, -0.25) is 9.79 Å². The Kier molecular flexibility index (Phi) is 6.30. The number of allylic oxidation sites excluding steroid dienone is 2. The van der Waals surface area contributed by atoms with E-state index in [-0.39, 0.29) is 6.42 Å². The average Bonchev–Trinajstić information content (AvgIpc) is 3.37. The number of aliphatic imine (C=N–C) groups is 1. The first kappa shape index (κ1) is 18.8. The number of ether oxygens (including phenoxy) is 1. The summed E-state index contributed by atoms with van der Waals surface area (Å²) in [7, 11) is 0. The number of H-pyrrole nitrogens is 2. The van der Waals surface area contributed by atoms with E-state index in [9.17, 15) is 4.79 Å². The zero-order valence-electron chi connectivity index (χ0n) is 15.5. The van der Waals surface area contributed by atoms with Crippen LogP contribution in [0.1, 0.15) is 44.7 Å². The molecule has 6 heteroatoms. The summed E-state index contributed by atoms with van der Waals surface area (Å²) in [4.78, 5) is 21.8. The molecule has 0 aliphatic carbocycles. The molecule has 0 saturated heterocycles. The number of nitrogens with zero attached hydrogens (tertiary/aromatic N) is 1. The summed E-state index contributed by atoms with van der Waals surface area (Å²) in [6, 6.07) is 5.96. The van der Waals surface area contributed by atoms with Crippen LogP contribution in [0.15, 0.2) is 47.2 Å². The third kappa shape index (κ3) is 5.23. The molecule has 2 aromatic heterocycles. The van der Waals surface area contributed by atoms with Crippen molar-refractivity contribution in [2.24, 2.45) is 4.99 Å². The molecular weight excluding hydrogens is 342 g/mol. The molecule has 0 saturated carbocycles. The minimum atomic E-state index is -0.729. The molecule has 3 N–H and O–H groups in total. The van der Waals surface area contributed by atoms with Crippen LogP contribution in [0.4, 0.5) is 0 Å². The van der Waals surface area contributed by atoms with Gasteiger partial charge in [0.25, 0.3) is 0 Å². The van der Waals surface area contributed by atoms with Gasteiger partial charge in [0.05, 0.1) is 29.4 Å². The Bertz CT molecular complexity index is 857. The predicted octanol–water partition coefficient (Wildman–Crippen LogP) is 4.80. The van der Waals surface area contributed by atoms with Crippen molar-refractivity contribution in [1.29, 1.82) is 0 Å². The average molecular weight is 367 g/mol. The number of nitrogens with one attached hydrogen (secondary N) is 2. The normalized spacial score (nSPS) is 14.7. The van der Waals surface area contributed by atoms with E-state index in [1.54, 1.807) is 0 Å². The fourth-order valence-electron chi connectivity index (χ4n) is 3.03. The van der Waals surface area contributed by atoms with Gasteiger partial charge < -0.3 is 19.8 Å². The van der Waals surface area contributed by atoms with Gasteiger partial charge in [-0.25, -0.2) is 0 Å². The van der Waals surface area contributed by atoms with E-state index in [1.165, 1.54) is 0 Å². The van der Waals surface area contributed by atoms with E-state index in [2.05, 4.69) is 15.0 Å². The Morgan fingerprint density at radius 3 is 2.89 bits per heavy atom. The number of rotatable bonds is 10. The van der Waals surface area contributed by atoms with Crippen molar-refractivity contribution in [1.82, 2.24) is 9.97 Å². The SMILES string of the molecule is CCOc1cc(-c2ccc[nH]2)[nH]c1/C=C1\C=CC(CCCCCC(=O)O)=N1. The number of hydrogen-bond donors (Lipinski definition) is 3. The molecule has 142 valence electrons. The van der Waals surface area contributed by atoms with Crippen LogP contribution >= 0.6 is 0 Å². The van der Waals surface area contributed by atoms with E-state index < -0.39 is 5.97 Å². The number of aliphatic carboxylic acids is 1. The molecule has 3 rings (SSSR count). The van der Waals surface area contributed by atoms with Crippen LogP contribution in [0.2, 0.25) is 0 Å². The molecule has 0 unspecified atom stereocenters. The summed E-state index contributed by atoms with van der Waals surface area (Å²) in [5.41, 5.74) is 4.79. The van der Waals surface area contributed by atoms with Gasteiger partial charge in [0.2, 0.25) is 0 Å². The second-order valence-corrected chi connectivity index (χ2v) is 6.44. The minimum absolute atomic E-state index is 0.240. The summed E-state index contributed by atoms with van der Waals surface area (Å²) in [6.45, 7) is 2.56. The van der Waals surface area contributed by atoms with Crippen molar-refractivity contribution < 1.29 is 14.6 Å². The smallest absolute Gasteiger partial charge is 0.303 e. The second-order valence-electron chi connectivity index (χ2n) is 6.44. The van der Waals surface area contributed by atoms with Crippen LogP contribution in [-0.2, 0) is 4.79 Å². The molecule has 0 radical (unpaired) electrons. The van der Waals surface area contributed by atoms with Gasteiger partial charge in [0.15, 0.2) is 0 Å². The highest BCUT2D eigenvalue weighted by molar-refractivity contribution is 5.99. The van der Waals surface area contributed by atoms with Crippen molar-refractivity contribution in [3.8, 4) is 17.1 Å². The minimum Gasteiger partial charge on any atom is -0.492 e. The summed E-state index contributed by atoms with van der Waals surface area (Å²) in [5.74, 6) is 0.0772. The monoisotopic (exact) mass is 367 g/mol. The fraction of sp³-hybridized carbons (Fsp3) is 0.333. The Morgan fingerprint density at radius 2 is 2.15 bits per heavy atom. The van der Waals surface area contributed by atoms with Crippen LogP contribution in [0.5, 0.6) is 5.75 Å². The fourth-order valence-corrected chi connectivity index (χ4v) is 3.03. The second kappa shape index (κ2) is 9.07. The Morgan fingerprint density at radius 1 is 1.26 bits per heavy atom. The van der Waals surface area contributed by atoms with Crippen molar-refractivity contribution in [2.75, 3.05) is 6.61 Å². The van der Waals surface area contributed by atoms with Gasteiger partial charge in [-0.2, -0.15) is 0 Å². The summed E-state index contributed by atoms with van der Waals surface area (Å²) in [6.07, 6.45) is 11.6. The quantitative estimate of drug-likeness (QED) is 0.527. The lowest BCUT2D eigenvalue weighted by molar-refractivity contribution is -0.137. The van der Waals surface area contributed by atoms with E-state index in [4.69, 9.17) is 9.84 Å². The molecule has 0 aromatic carbocycles. The van der Waals surface area contributed by atoms with Gasteiger partial charge in [-0.15, -0.1) is 0 Å². The molecule has 2 aromatic rings. The molecule has 0 bridgehead atoms. The molecule has 1 aliphatic heterocycles. The molecule has 27 heavy (non-hydrogen) atoms. The lowest BCUT2D eigenvalue weighted by Gasteiger charge is -2.01. The molecule has 0 spiro atoms. The highest BCUT2D eigenvalue weighted by Crippen LogP contribution is 2.29. The lowest BCUT2D eigenvalue weighted by atomic mass is 10.1. The molecule has 1 aliphatic rings. The molecule has 0 fully saturated rings. The molecule has 0 atom stereocenters. The number of carboxylic acid groups (broad SMARTS) is 1. The lowest BCUT2D eigenvalue weighted by Crippen LogP contribution is -1.95. The summed E-state index contributed by atoms with van der Waals surface area (Å²) < 4.78 is 5.75. The van der Waals surface area contributed by atoms with Crippen LogP contribution in [0.25, 0.3) is 17.5 Å². The number of hydrogen-bond acceptors (Lipinski definition) is 3. The predicted molar refractivity (Wildman–Crippen MR) is 107 cm³/mol. The third-order valence-electron chi connectivity index (χ3n) is 4.33. The topological polar surface area (TPSA) is 90.5 Å². The zero-order valence-corrected chi connectivity index (χ0v) is 15.5. The summed E-state index contributed by atoms with van der Waals surface area (Å²) in [5, 5.41) is 8.66. The van der Waals surface area contributed by atoms with Gasteiger partial charge in [-0.1, -0.05) is 6.42 Å². The maximum atomic E-state index is 10.5. The number of carboxylic acids is 1. The maximum Gasteiger partial charge on any atom is 0.303 e. The van der Waals surface area contributed by atoms with Crippen LogP contribution in [0, 0.1) is 0 Å². The number of carbonyl (C=O) groups is 1. The van der Waals surface area contributed by atoms with E-state index >= 15 is 0 Å². The first-order valence-corrected chi connectivity index (χ1v) is 9.34. The standard InChI is InChI=1S/C21H25N3O3/c1-2-27-20-14-18(17-8-6-12-22-17)24-19(20)13-16-11-10-15(23-16)7-4-3-5-9-21(25)26/h6,8,10-14,22,24H,2-5,7,9H2,1H3,(H,25,26)/b16-13+. The third-order valence-corrected chi connectivity index (χ3v) is 4.33. The van der Waals surface area contributed by atoms with E-state index in [0.29, 0.717) is 6.61 Å². The Hall–Kier alpha value is -3.02. The van der Waals surface area contributed by atoms with Crippen LogP contribution in [0.3, 0.4) is 0 Å². The first-order valence-electron chi connectivity index (χ1n) is 9.34.